The Morgan fingerprint density at radius 2 is 1.23 bits per heavy atom. The molecule has 0 aliphatic heterocycles. The van der Waals surface area contributed by atoms with Crippen LogP contribution in [-0.2, 0) is 19.1 Å². The summed E-state index contributed by atoms with van der Waals surface area (Å²) in [5.41, 5.74) is 0.656. The van der Waals surface area contributed by atoms with E-state index in [-0.39, 0.29) is 0 Å². The van der Waals surface area contributed by atoms with E-state index in [1.807, 2.05) is 0 Å². The highest BCUT2D eigenvalue weighted by atomic mass is 16.5. The Labute approximate surface area is 133 Å². The van der Waals surface area contributed by atoms with Crippen molar-refractivity contribution in [1.82, 2.24) is 0 Å². The molecule has 0 spiro atoms. The van der Waals surface area contributed by atoms with Crippen LogP contribution in [0.25, 0.3) is 0 Å². The number of carbonyl (C=O) groups is 2. The maximum absolute atomic E-state index is 11.5. The van der Waals surface area contributed by atoms with Crippen LogP contribution in [0.15, 0.2) is 24.3 Å². The van der Waals surface area contributed by atoms with Crippen LogP contribution in [0.2, 0.25) is 0 Å². The summed E-state index contributed by atoms with van der Waals surface area (Å²) in [5.74, 6) is -0.164. The third-order valence-corrected chi connectivity index (χ3v) is 3.00. The van der Waals surface area contributed by atoms with Crippen LogP contribution in [-0.4, -0.2) is 35.4 Å². The maximum Gasteiger partial charge on any atom is 0.333 e. The van der Waals surface area contributed by atoms with Gasteiger partial charge in [-0.05, 0) is 47.5 Å². The van der Waals surface area contributed by atoms with Gasteiger partial charge < -0.3 is 14.6 Å². The lowest BCUT2D eigenvalue weighted by atomic mass is 9.91. The standard InChI is InChI=1S/C17H27O5/c1-10(2)16(19)21-12(5)8-15(14(7)18)9-13(6)22-17(20)11(3)4/h12-14,18H,1,3,8-9H2,2,4-7H3. The van der Waals surface area contributed by atoms with Gasteiger partial charge in [0, 0.05) is 17.1 Å². The topological polar surface area (TPSA) is 72.8 Å². The molecule has 0 heterocycles. The lowest BCUT2D eigenvalue weighted by Crippen LogP contribution is -2.27. The largest absolute Gasteiger partial charge is 0.459 e. The van der Waals surface area contributed by atoms with Crippen LogP contribution in [0.1, 0.15) is 47.5 Å². The van der Waals surface area contributed by atoms with E-state index in [2.05, 4.69) is 13.2 Å². The highest BCUT2D eigenvalue weighted by Crippen LogP contribution is 2.23. The summed E-state index contributed by atoms with van der Waals surface area (Å²) < 4.78 is 10.4. The predicted molar refractivity (Wildman–Crippen MR) is 84.9 cm³/mol. The van der Waals surface area contributed by atoms with Crippen LogP contribution in [0.3, 0.4) is 0 Å². The number of ether oxygens (including phenoxy) is 2. The van der Waals surface area contributed by atoms with Crippen molar-refractivity contribution >= 4 is 11.9 Å². The zero-order valence-corrected chi connectivity index (χ0v) is 14.1. The lowest BCUT2D eigenvalue weighted by Gasteiger charge is -2.25. The summed E-state index contributed by atoms with van der Waals surface area (Å²) in [4.78, 5) is 22.9. The molecule has 0 saturated carbocycles. The first-order valence-corrected chi connectivity index (χ1v) is 7.30. The molecule has 0 aromatic carbocycles. The molecule has 0 rings (SSSR count). The molecule has 0 saturated heterocycles. The Morgan fingerprint density at radius 3 is 1.45 bits per heavy atom. The van der Waals surface area contributed by atoms with E-state index in [0.717, 1.165) is 5.92 Å². The fourth-order valence-corrected chi connectivity index (χ4v) is 1.81. The number of aliphatic hydroxyl groups excluding tert-OH is 1. The predicted octanol–water partition coefficient (Wildman–Crippen LogP) is 2.74. The SMILES string of the molecule is C=C(C)C(=O)OC(C)C[C](CC(C)OC(=O)C(=C)C)C(C)O. The Morgan fingerprint density at radius 1 is 0.909 bits per heavy atom. The summed E-state index contributed by atoms with van der Waals surface area (Å²) in [5, 5.41) is 9.84. The van der Waals surface area contributed by atoms with Gasteiger partial charge in [0.15, 0.2) is 0 Å². The van der Waals surface area contributed by atoms with Crippen LogP contribution in [0.5, 0.6) is 0 Å². The normalized spacial score (nSPS) is 14.9. The highest BCUT2D eigenvalue weighted by molar-refractivity contribution is 5.87. The van der Waals surface area contributed by atoms with Crippen LogP contribution in [0, 0.1) is 5.92 Å². The van der Waals surface area contributed by atoms with Gasteiger partial charge in [0.25, 0.3) is 0 Å². The quantitative estimate of drug-likeness (QED) is 0.523. The van der Waals surface area contributed by atoms with Crippen molar-refractivity contribution in [3.63, 3.8) is 0 Å². The lowest BCUT2D eigenvalue weighted by molar-refractivity contribution is -0.143. The summed E-state index contributed by atoms with van der Waals surface area (Å²) in [6.07, 6.45) is -0.676. The van der Waals surface area contributed by atoms with Gasteiger partial charge in [-0.15, -0.1) is 0 Å². The van der Waals surface area contributed by atoms with Crippen molar-refractivity contribution in [2.75, 3.05) is 0 Å². The van der Waals surface area contributed by atoms with Crippen LogP contribution in [0.4, 0.5) is 0 Å². The average Bonchev–Trinajstić information content (AvgIpc) is 2.36. The molecule has 0 aromatic rings. The first-order valence-electron chi connectivity index (χ1n) is 7.30. The van der Waals surface area contributed by atoms with Gasteiger partial charge >= 0.3 is 11.9 Å². The van der Waals surface area contributed by atoms with E-state index >= 15 is 0 Å². The second kappa shape index (κ2) is 9.41. The molecule has 0 aliphatic carbocycles. The third-order valence-electron chi connectivity index (χ3n) is 3.00. The van der Waals surface area contributed by atoms with E-state index in [1.54, 1.807) is 34.6 Å². The number of aliphatic hydroxyl groups is 1. The zero-order chi connectivity index (χ0) is 17.4. The maximum atomic E-state index is 11.5. The van der Waals surface area contributed by atoms with Crippen molar-refractivity contribution in [1.29, 1.82) is 0 Å². The molecule has 0 bridgehead atoms. The molecular weight excluding hydrogens is 284 g/mol. The third kappa shape index (κ3) is 7.98. The first-order chi connectivity index (χ1) is 10.0. The summed E-state index contributed by atoms with van der Waals surface area (Å²) >= 11 is 0. The minimum Gasteiger partial charge on any atom is -0.459 e. The molecule has 5 nitrogen and oxygen atoms in total. The Balaban J connectivity index is 4.54. The molecule has 0 aromatic heterocycles. The van der Waals surface area contributed by atoms with E-state index in [1.165, 1.54) is 0 Å². The van der Waals surface area contributed by atoms with E-state index in [0.29, 0.717) is 24.0 Å². The minimum atomic E-state index is -0.683. The second-order valence-corrected chi connectivity index (χ2v) is 5.73. The first kappa shape index (κ1) is 20.4. The molecule has 3 atom stereocenters. The molecule has 3 unspecified atom stereocenters. The van der Waals surface area contributed by atoms with Gasteiger partial charge in [-0.3, -0.25) is 0 Å². The highest BCUT2D eigenvalue weighted by Gasteiger charge is 2.25. The zero-order valence-electron chi connectivity index (χ0n) is 14.1. The van der Waals surface area contributed by atoms with E-state index < -0.39 is 30.3 Å². The van der Waals surface area contributed by atoms with Crippen molar-refractivity contribution in [3.05, 3.63) is 30.2 Å². The molecule has 0 amide bonds. The van der Waals surface area contributed by atoms with Crippen LogP contribution < -0.4 is 0 Å². The molecule has 5 heteroatoms. The van der Waals surface area contributed by atoms with Gasteiger partial charge in [-0.2, -0.15) is 0 Å². The Kier molecular flexibility index (Phi) is 8.72. The van der Waals surface area contributed by atoms with Gasteiger partial charge in [0.2, 0.25) is 0 Å². The van der Waals surface area contributed by atoms with Gasteiger partial charge in [0.1, 0.15) is 0 Å². The molecule has 0 fully saturated rings. The fourth-order valence-electron chi connectivity index (χ4n) is 1.81. The van der Waals surface area contributed by atoms with E-state index in [4.69, 9.17) is 9.47 Å². The van der Waals surface area contributed by atoms with Crippen molar-refractivity contribution < 1.29 is 24.2 Å². The minimum absolute atomic E-state index is 0.328. The molecule has 0 aliphatic rings. The molecular formula is C17H27O5. The van der Waals surface area contributed by atoms with Gasteiger partial charge in [-0.1, -0.05) is 13.2 Å². The molecule has 22 heavy (non-hydrogen) atoms. The summed E-state index contributed by atoms with van der Waals surface area (Å²) in [7, 11) is 0. The number of rotatable bonds is 9. The van der Waals surface area contributed by atoms with Gasteiger partial charge in [0.05, 0.1) is 18.3 Å². The number of carbonyl (C=O) groups excluding carboxylic acids is 2. The van der Waals surface area contributed by atoms with E-state index in [9.17, 15) is 14.7 Å². The number of hydrogen-bond donors (Lipinski definition) is 1. The fraction of sp³-hybridized carbons (Fsp3) is 0.588. The van der Waals surface area contributed by atoms with Crippen LogP contribution >= 0.6 is 0 Å². The average molecular weight is 311 g/mol. The summed E-state index contributed by atoms with van der Waals surface area (Å²) in [6, 6.07) is 0. The van der Waals surface area contributed by atoms with Crippen molar-refractivity contribution in [2.45, 2.75) is 65.8 Å². The molecule has 1 N–H and O–H groups in total. The Hall–Kier alpha value is -1.62. The second-order valence-electron chi connectivity index (χ2n) is 5.73. The summed E-state index contributed by atoms with van der Waals surface area (Å²) in [6.45, 7) is 15.3. The molecule has 1 radical (unpaired) electrons. The number of esters is 2. The van der Waals surface area contributed by atoms with Crippen molar-refractivity contribution in [3.8, 4) is 0 Å². The Bertz CT molecular complexity index is 389. The van der Waals surface area contributed by atoms with Crippen molar-refractivity contribution in [2.24, 2.45) is 0 Å². The number of hydrogen-bond acceptors (Lipinski definition) is 5. The molecule has 125 valence electrons. The monoisotopic (exact) mass is 311 g/mol. The van der Waals surface area contributed by atoms with Gasteiger partial charge in [-0.25, -0.2) is 9.59 Å². The smallest absolute Gasteiger partial charge is 0.333 e.